The molecule has 1 heterocycles. The minimum Gasteiger partial charge on any atom is -0.477 e. The Labute approximate surface area is 118 Å². The van der Waals surface area contributed by atoms with Crippen molar-refractivity contribution in [2.45, 2.75) is 0 Å². The quantitative estimate of drug-likeness (QED) is 0.898. The molecule has 1 aromatic heterocycles. The maximum atomic E-state index is 13.2. The molecule has 0 saturated carbocycles. The zero-order valence-electron chi connectivity index (χ0n) is 10.5. The number of benzene rings is 1. The van der Waals surface area contributed by atoms with Crippen molar-refractivity contribution in [3.05, 3.63) is 59.2 Å². The molecule has 2 N–H and O–H groups in total. The predicted octanol–water partition coefficient (Wildman–Crippen LogP) is 2.04. The second kappa shape index (κ2) is 5.79. The number of carbonyl (C=O) groups is 2. The Morgan fingerprint density at radius 3 is 2.62 bits per heavy atom. The maximum absolute atomic E-state index is 13.2. The van der Waals surface area contributed by atoms with Crippen molar-refractivity contribution in [3.8, 4) is 6.07 Å². The third-order valence-corrected chi connectivity index (χ3v) is 2.55. The molecule has 1 amide bonds. The molecule has 7 heteroatoms. The summed E-state index contributed by atoms with van der Waals surface area (Å²) in [5.41, 5.74) is -0.363. The molecule has 0 atom stereocenters. The van der Waals surface area contributed by atoms with Gasteiger partial charge in [-0.2, -0.15) is 5.26 Å². The normalized spacial score (nSPS) is 9.71. The van der Waals surface area contributed by atoms with Crippen LogP contribution in [-0.2, 0) is 0 Å². The zero-order valence-corrected chi connectivity index (χ0v) is 10.5. The van der Waals surface area contributed by atoms with Crippen molar-refractivity contribution in [2.75, 3.05) is 5.32 Å². The first-order valence-corrected chi connectivity index (χ1v) is 5.72. The summed E-state index contributed by atoms with van der Waals surface area (Å²) in [5.74, 6) is -2.60. The monoisotopic (exact) mass is 285 g/mol. The number of hydrogen-bond acceptors (Lipinski definition) is 4. The summed E-state index contributed by atoms with van der Waals surface area (Å²) < 4.78 is 13.2. The van der Waals surface area contributed by atoms with Crippen molar-refractivity contribution >= 4 is 17.6 Å². The second-order valence-electron chi connectivity index (χ2n) is 3.97. The number of halogens is 1. The molecule has 0 saturated heterocycles. The van der Waals surface area contributed by atoms with E-state index in [4.69, 9.17) is 10.4 Å². The molecule has 0 unspecified atom stereocenters. The van der Waals surface area contributed by atoms with Crippen molar-refractivity contribution in [2.24, 2.45) is 0 Å². The summed E-state index contributed by atoms with van der Waals surface area (Å²) in [6.45, 7) is 0. The van der Waals surface area contributed by atoms with Gasteiger partial charge in [0.25, 0.3) is 5.91 Å². The number of aromatic carboxylic acids is 1. The number of carbonyl (C=O) groups excluding carboxylic acids is 1. The number of rotatable bonds is 3. The van der Waals surface area contributed by atoms with Gasteiger partial charge in [-0.05, 0) is 30.3 Å². The van der Waals surface area contributed by atoms with E-state index in [0.29, 0.717) is 0 Å². The second-order valence-corrected chi connectivity index (χ2v) is 3.97. The number of amides is 1. The zero-order chi connectivity index (χ0) is 15.4. The van der Waals surface area contributed by atoms with Crippen LogP contribution in [0.3, 0.4) is 0 Å². The minimum atomic E-state index is -1.25. The number of nitriles is 1. The standard InChI is InChI=1S/C14H8FN3O3/c15-10-5-4-9(6-8(10)7-16)17-13(19)11-2-1-3-12(18-11)14(20)21/h1-6H,(H,17,19)(H,20,21). The molecule has 2 aromatic rings. The maximum Gasteiger partial charge on any atom is 0.354 e. The lowest BCUT2D eigenvalue weighted by atomic mass is 10.2. The molecule has 2 rings (SSSR count). The molecule has 0 bridgehead atoms. The molecule has 0 spiro atoms. The Kier molecular flexibility index (Phi) is 3.90. The summed E-state index contributed by atoms with van der Waals surface area (Å²) in [4.78, 5) is 26.4. The number of anilines is 1. The average Bonchev–Trinajstić information content (AvgIpc) is 2.49. The lowest BCUT2D eigenvalue weighted by molar-refractivity contribution is 0.0690. The van der Waals surface area contributed by atoms with E-state index in [0.717, 1.165) is 6.07 Å². The van der Waals surface area contributed by atoms with E-state index in [-0.39, 0.29) is 22.6 Å². The highest BCUT2D eigenvalue weighted by Crippen LogP contribution is 2.14. The smallest absolute Gasteiger partial charge is 0.354 e. The van der Waals surface area contributed by atoms with E-state index in [2.05, 4.69) is 10.3 Å². The fraction of sp³-hybridized carbons (Fsp3) is 0. The molecule has 0 radical (unpaired) electrons. The third-order valence-electron chi connectivity index (χ3n) is 2.55. The van der Waals surface area contributed by atoms with Crippen molar-refractivity contribution < 1.29 is 19.1 Å². The van der Waals surface area contributed by atoms with Crippen molar-refractivity contribution in [3.63, 3.8) is 0 Å². The van der Waals surface area contributed by atoms with Crippen molar-refractivity contribution in [1.29, 1.82) is 5.26 Å². The molecule has 1 aromatic carbocycles. The molecule has 0 aliphatic carbocycles. The van der Waals surface area contributed by atoms with Gasteiger partial charge in [-0.3, -0.25) is 4.79 Å². The highest BCUT2D eigenvalue weighted by molar-refractivity contribution is 6.03. The number of nitrogens with zero attached hydrogens (tertiary/aromatic N) is 2. The minimum absolute atomic E-state index is 0.0993. The van der Waals surface area contributed by atoms with Crippen LogP contribution in [0.5, 0.6) is 0 Å². The van der Waals surface area contributed by atoms with Crippen molar-refractivity contribution in [1.82, 2.24) is 4.98 Å². The lowest BCUT2D eigenvalue weighted by Gasteiger charge is -2.06. The number of carboxylic acid groups (broad SMARTS) is 1. The van der Waals surface area contributed by atoms with Crippen LogP contribution < -0.4 is 5.32 Å². The Hall–Kier alpha value is -3.27. The third kappa shape index (κ3) is 3.19. The van der Waals surface area contributed by atoms with Gasteiger partial charge in [0.15, 0.2) is 0 Å². The summed E-state index contributed by atoms with van der Waals surface area (Å²) in [7, 11) is 0. The molecule has 104 valence electrons. The first-order chi connectivity index (χ1) is 10.0. The summed E-state index contributed by atoms with van der Waals surface area (Å²) >= 11 is 0. The SMILES string of the molecule is N#Cc1cc(NC(=O)c2cccc(C(=O)O)n2)ccc1F. The topological polar surface area (TPSA) is 103 Å². The molecule has 6 nitrogen and oxygen atoms in total. The van der Waals surface area contributed by atoms with Gasteiger partial charge < -0.3 is 10.4 Å². The van der Waals surface area contributed by atoms with Crippen LogP contribution in [0.4, 0.5) is 10.1 Å². The van der Waals surface area contributed by atoms with Crippen LogP contribution in [0.1, 0.15) is 26.5 Å². The first kappa shape index (κ1) is 14.1. The Morgan fingerprint density at radius 2 is 1.95 bits per heavy atom. The van der Waals surface area contributed by atoms with Gasteiger partial charge >= 0.3 is 5.97 Å². The van der Waals surface area contributed by atoms with Gasteiger partial charge in [0, 0.05) is 5.69 Å². The van der Waals surface area contributed by atoms with E-state index in [1.807, 2.05) is 0 Å². The Balaban J connectivity index is 2.24. The largest absolute Gasteiger partial charge is 0.477 e. The van der Waals surface area contributed by atoms with Crippen LogP contribution in [0.15, 0.2) is 36.4 Å². The lowest BCUT2D eigenvalue weighted by Crippen LogP contribution is -2.15. The number of hydrogen-bond donors (Lipinski definition) is 2. The van der Waals surface area contributed by atoms with Crippen LogP contribution in [-0.4, -0.2) is 22.0 Å². The van der Waals surface area contributed by atoms with E-state index in [9.17, 15) is 14.0 Å². The molecular weight excluding hydrogens is 277 g/mol. The van der Waals surface area contributed by atoms with E-state index >= 15 is 0 Å². The van der Waals surface area contributed by atoms with E-state index in [1.165, 1.54) is 30.3 Å². The fourth-order valence-electron chi connectivity index (χ4n) is 1.56. The van der Waals surface area contributed by atoms with Crippen LogP contribution in [0.2, 0.25) is 0 Å². The van der Waals surface area contributed by atoms with Gasteiger partial charge in [0.2, 0.25) is 0 Å². The molecule has 0 fully saturated rings. The molecule has 0 aliphatic rings. The summed E-state index contributed by atoms with van der Waals surface area (Å²) in [6, 6.07) is 9.15. The average molecular weight is 285 g/mol. The van der Waals surface area contributed by atoms with E-state index in [1.54, 1.807) is 6.07 Å². The van der Waals surface area contributed by atoms with E-state index < -0.39 is 17.7 Å². The van der Waals surface area contributed by atoms with Crippen LogP contribution in [0.25, 0.3) is 0 Å². The summed E-state index contributed by atoms with van der Waals surface area (Å²) in [6.07, 6.45) is 0. The molecule has 21 heavy (non-hydrogen) atoms. The van der Waals surface area contributed by atoms with Gasteiger partial charge in [0.1, 0.15) is 23.3 Å². The van der Waals surface area contributed by atoms with Gasteiger partial charge in [-0.25, -0.2) is 14.2 Å². The summed E-state index contributed by atoms with van der Waals surface area (Å²) in [5, 5.41) is 19.9. The Morgan fingerprint density at radius 1 is 1.24 bits per heavy atom. The molecular formula is C14H8FN3O3. The Bertz CT molecular complexity index is 768. The fourth-order valence-corrected chi connectivity index (χ4v) is 1.56. The highest BCUT2D eigenvalue weighted by atomic mass is 19.1. The number of carboxylic acids is 1. The number of aromatic nitrogens is 1. The number of nitrogens with one attached hydrogen (secondary N) is 1. The van der Waals surface area contributed by atoms with Gasteiger partial charge in [-0.1, -0.05) is 6.07 Å². The molecule has 0 aliphatic heterocycles. The van der Waals surface area contributed by atoms with Gasteiger partial charge in [0.05, 0.1) is 5.56 Å². The highest BCUT2D eigenvalue weighted by Gasteiger charge is 2.12. The van der Waals surface area contributed by atoms with Crippen LogP contribution >= 0.6 is 0 Å². The number of pyridine rings is 1. The van der Waals surface area contributed by atoms with Gasteiger partial charge in [-0.15, -0.1) is 0 Å². The first-order valence-electron chi connectivity index (χ1n) is 5.72. The van der Waals surface area contributed by atoms with Crippen LogP contribution in [0, 0.1) is 17.1 Å². The predicted molar refractivity (Wildman–Crippen MR) is 70.3 cm³/mol.